The highest BCUT2D eigenvalue weighted by molar-refractivity contribution is 9.10. The molecule has 0 amide bonds. The van der Waals surface area contributed by atoms with E-state index in [1.165, 1.54) is 0 Å². The van der Waals surface area contributed by atoms with Gasteiger partial charge in [-0.15, -0.1) is 0 Å². The van der Waals surface area contributed by atoms with Gasteiger partial charge in [0.05, 0.1) is 38.3 Å². The van der Waals surface area contributed by atoms with E-state index in [2.05, 4.69) is 36.3 Å². The number of halogens is 3. The van der Waals surface area contributed by atoms with E-state index in [-0.39, 0.29) is 0 Å². The van der Waals surface area contributed by atoms with Crippen LogP contribution in [0.1, 0.15) is 0 Å². The van der Waals surface area contributed by atoms with Crippen LogP contribution in [-0.4, -0.2) is 19.6 Å². The van der Waals surface area contributed by atoms with Gasteiger partial charge in [-0.2, -0.15) is 9.61 Å². The van der Waals surface area contributed by atoms with Crippen LogP contribution in [0.5, 0.6) is 0 Å². The molecule has 0 atom stereocenters. The minimum Gasteiger partial charge on any atom is -0.339 e. The molecule has 8 heteroatoms. The SMILES string of the molecule is Clc1cccc(-c2cc(Nc3cccnc3)n3ncc(Br)c3n2)c1Cl. The van der Waals surface area contributed by atoms with Gasteiger partial charge in [0, 0.05) is 17.8 Å². The van der Waals surface area contributed by atoms with Gasteiger partial charge in [0.1, 0.15) is 5.82 Å². The number of fused-ring (bicyclic) bond motifs is 1. The minimum absolute atomic E-state index is 0.462. The lowest BCUT2D eigenvalue weighted by atomic mass is 10.1. The molecule has 0 saturated carbocycles. The first kappa shape index (κ1) is 16.3. The third-order valence-electron chi connectivity index (χ3n) is 3.59. The molecule has 3 aromatic heterocycles. The predicted octanol–water partition coefficient (Wildman–Crippen LogP) is 5.60. The van der Waals surface area contributed by atoms with Crippen LogP contribution in [0, 0.1) is 0 Å². The van der Waals surface area contributed by atoms with E-state index in [9.17, 15) is 0 Å². The molecule has 0 aliphatic heterocycles. The zero-order chi connectivity index (χ0) is 17.4. The quantitative estimate of drug-likeness (QED) is 0.455. The molecule has 0 radical (unpaired) electrons. The summed E-state index contributed by atoms with van der Waals surface area (Å²) in [4.78, 5) is 8.78. The Morgan fingerprint density at radius 3 is 2.76 bits per heavy atom. The van der Waals surface area contributed by atoms with Crippen molar-refractivity contribution in [3.8, 4) is 11.3 Å². The van der Waals surface area contributed by atoms with Crippen LogP contribution in [0.15, 0.2) is 59.5 Å². The second kappa shape index (κ2) is 6.63. The monoisotopic (exact) mass is 433 g/mol. The Labute approximate surface area is 161 Å². The first-order valence-corrected chi connectivity index (χ1v) is 8.84. The van der Waals surface area contributed by atoms with Gasteiger partial charge in [0.15, 0.2) is 5.65 Å². The third-order valence-corrected chi connectivity index (χ3v) is 4.97. The van der Waals surface area contributed by atoms with Crippen LogP contribution in [0.4, 0.5) is 11.5 Å². The molecule has 25 heavy (non-hydrogen) atoms. The molecule has 0 aliphatic carbocycles. The Morgan fingerprint density at radius 2 is 1.96 bits per heavy atom. The maximum atomic E-state index is 6.37. The van der Waals surface area contributed by atoms with E-state index in [1.54, 1.807) is 29.2 Å². The van der Waals surface area contributed by atoms with Crippen molar-refractivity contribution in [2.45, 2.75) is 0 Å². The summed E-state index contributed by atoms with van der Waals surface area (Å²) in [5, 5.41) is 8.60. The first-order chi connectivity index (χ1) is 12.1. The maximum Gasteiger partial charge on any atom is 0.172 e. The Bertz CT molecular complexity index is 1070. The molecule has 0 spiro atoms. The lowest BCUT2D eigenvalue weighted by molar-refractivity contribution is 0.948. The van der Waals surface area contributed by atoms with Gasteiger partial charge in [-0.1, -0.05) is 35.3 Å². The summed E-state index contributed by atoms with van der Waals surface area (Å²) in [6.07, 6.45) is 5.14. The molecule has 3 heterocycles. The van der Waals surface area contributed by atoms with Crippen molar-refractivity contribution in [3.63, 3.8) is 0 Å². The summed E-state index contributed by atoms with van der Waals surface area (Å²) in [6.45, 7) is 0. The van der Waals surface area contributed by atoms with Crippen LogP contribution in [0.25, 0.3) is 16.9 Å². The van der Waals surface area contributed by atoms with Gasteiger partial charge in [0.25, 0.3) is 0 Å². The lowest BCUT2D eigenvalue weighted by Gasteiger charge is -2.11. The van der Waals surface area contributed by atoms with E-state index in [1.807, 2.05) is 30.3 Å². The first-order valence-electron chi connectivity index (χ1n) is 7.29. The molecule has 0 bridgehead atoms. The molecule has 5 nitrogen and oxygen atoms in total. The molecule has 0 unspecified atom stereocenters. The number of anilines is 2. The molecule has 0 fully saturated rings. The van der Waals surface area contributed by atoms with Gasteiger partial charge in [-0.25, -0.2) is 4.98 Å². The summed E-state index contributed by atoms with van der Waals surface area (Å²) in [5.74, 6) is 0.731. The normalized spacial score (nSPS) is 11.0. The smallest absolute Gasteiger partial charge is 0.172 e. The van der Waals surface area contributed by atoms with E-state index in [4.69, 9.17) is 23.2 Å². The highest BCUT2D eigenvalue weighted by Crippen LogP contribution is 2.35. The van der Waals surface area contributed by atoms with Gasteiger partial charge in [0.2, 0.25) is 0 Å². The molecule has 4 aromatic rings. The molecule has 0 aliphatic rings. The number of nitrogens with one attached hydrogen (secondary N) is 1. The van der Waals surface area contributed by atoms with Crippen molar-refractivity contribution in [1.82, 2.24) is 19.6 Å². The summed E-state index contributed by atoms with van der Waals surface area (Å²) < 4.78 is 2.49. The highest BCUT2D eigenvalue weighted by Gasteiger charge is 2.14. The zero-order valence-corrected chi connectivity index (χ0v) is 15.7. The van der Waals surface area contributed by atoms with Crippen LogP contribution in [0.2, 0.25) is 10.0 Å². The number of pyridine rings is 1. The van der Waals surface area contributed by atoms with E-state index in [0.717, 1.165) is 21.5 Å². The summed E-state index contributed by atoms with van der Waals surface area (Å²) >= 11 is 16.0. The van der Waals surface area contributed by atoms with Crippen molar-refractivity contribution in [2.75, 3.05) is 5.32 Å². The molecule has 1 aromatic carbocycles. The van der Waals surface area contributed by atoms with Crippen molar-refractivity contribution in [3.05, 3.63) is 69.5 Å². The van der Waals surface area contributed by atoms with Crippen molar-refractivity contribution in [1.29, 1.82) is 0 Å². The Morgan fingerprint density at radius 1 is 1.08 bits per heavy atom. The van der Waals surface area contributed by atoms with Crippen LogP contribution in [0.3, 0.4) is 0 Å². The fourth-order valence-electron chi connectivity index (χ4n) is 2.45. The summed E-state index contributed by atoms with van der Waals surface area (Å²) in [6, 6.07) is 11.1. The van der Waals surface area contributed by atoms with Crippen molar-refractivity contribution < 1.29 is 0 Å². The highest BCUT2D eigenvalue weighted by atomic mass is 79.9. The predicted molar refractivity (Wildman–Crippen MR) is 104 cm³/mol. The molecule has 124 valence electrons. The van der Waals surface area contributed by atoms with Crippen LogP contribution >= 0.6 is 39.1 Å². The zero-order valence-electron chi connectivity index (χ0n) is 12.6. The van der Waals surface area contributed by atoms with E-state index in [0.29, 0.717) is 21.4 Å². The molecule has 0 saturated heterocycles. The fraction of sp³-hybridized carbons (Fsp3) is 0. The number of nitrogens with zero attached hydrogens (tertiary/aromatic N) is 4. The Hall–Kier alpha value is -2.15. The number of hydrogen-bond acceptors (Lipinski definition) is 4. The largest absolute Gasteiger partial charge is 0.339 e. The fourth-order valence-corrected chi connectivity index (χ4v) is 3.19. The van der Waals surface area contributed by atoms with Crippen LogP contribution < -0.4 is 5.32 Å². The second-order valence-corrected chi connectivity index (χ2v) is 6.86. The van der Waals surface area contributed by atoms with E-state index < -0.39 is 0 Å². The average Bonchev–Trinajstić information content (AvgIpc) is 3.00. The topological polar surface area (TPSA) is 55.1 Å². The lowest BCUT2D eigenvalue weighted by Crippen LogP contribution is -2.02. The van der Waals surface area contributed by atoms with Gasteiger partial charge in [-0.05, 0) is 34.1 Å². The standard InChI is InChI=1S/C17H10BrCl2N5/c18-12-9-22-25-15(23-10-3-2-6-21-8-10)7-14(24-17(12)25)11-4-1-5-13(19)16(11)20/h1-9,23H. The summed E-state index contributed by atoms with van der Waals surface area (Å²) in [5.41, 5.74) is 2.94. The number of aromatic nitrogens is 4. The number of benzene rings is 1. The van der Waals surface area contributed by atoms with Crippen LogP contribution in [-0.2, 0) is 0 Å². The molecule has 1 N–H and O–H groups in total. The van der Waals surface area contributed by atoms with Gasteiger partial charge < -0.3 is 5.32 Å². The van der Waals surface area contributed by atoms with Gasteiger partial charge in [-0.3, -0.25) is 4.98 Å². The number of hydrogen-bond donors (Lipinski definition) is 1. The third kappa shape index (κ3) is 3.08. The van der Waals surface area contributed by atoms with Crippen molar-refractivity contribution >= 4 is 56.3 Å². The summed E-state index contributed by atoms with van der Waals surface area (Å²) in [7, 11) is 0. The second-order valence-electron chi connectivity index (χ2n) is 5.22. The molecule has 4 rings (SSSR count). The van der Waals surface area contributed by atoms with Gasteiger partial charge >= 0.3 is 0 Å². The Balaban J connectivity index is 1.91. The average molecular weight is 435 g/mol. The minimum atomic E-state index is 0.462. The Kier molecular flexibility index (Phi) is 4.33. The van der Waals surface area contributed by atoms with E-state index >= 15 is 0 Å². The number of rotatable bonds is 3. The molecular weight excluding hydrogens is 425 g/mol. The van der Waals surface area contributed by atoms with Crippen molar-refractivity contribution in [2.24, 2.45) is 0 Å². The molecular formula is C17H10BrCl2N5. The maximum absolute atomic E-state index is 6.37.